The molecule has 0 atom stereocenters. The molecule has 1 saturated heterocycles. The number of aliphatic imine (C=N–C) groups is 1. The van der Waals surface area contributed by atoms with Crippen molar-refractivity contribution in [2.75, 3.05) is 13.1 Å². The first-order valence-electron chi connectivity index (χ1n) is 6.84. The molecule has 0 aromatic heterocycles. The molecule has 3 rings (SSSR count). The van der Waals surface area contributed by atoms with Gasteiger partial charge in [-0.3, -0.25) is 4.84 Å². The molecule has 0 saturated carbocycles. The van der Waals surface area contributed by atoms with Crippen molar-refractivity contribution in [1.29, 1.82) is 0 Å². The highest BCUT2D eigenvalue weighted by Crippen LogP contribution is 2.24. The van der Waals surface area contributed by atoms with Crippen molar-refractivity contribution in [3.8, 4) is 0 Å². The molecule has 0 unspecified atom stereocenters. The van der Waals surface area contributed by atoms with Gasteiger partial charge >= 0.3 is 0 Å². The maximum Gasteiger partial charge on any atom is 0.223 e. The molecule has 2 aromatic carbocycles. The predicted octanol–water partition coefficient (Wildman–Crippen LogP) is 3.36. The summed E-state index contributed by atoms with van der Waals surface area (Å²) in [6.07, 6.45) is 0. The summed E-state index contributed by atoms with van der Waals surface area (Å²) in [7, 11) is 0. The van der Waals surface area contributed by atoms with Gasteiger partial charge < -0.3 is 5.32 Å². The Balaban J connectivity index is 1.69. The molecule has 2 aromatic rings. The molecule has 0 radical (unpaired) electrons. The Labute approximate surface area is 129 Å². The Morgan fingerprint density at radius 3 is 2.67 bits per heavy atom. The number of para-hydroxylation sites is 1. The minimum Gasteiger partial charge on any atom is -0.352 e. The predicted molar refractivity (Wildman–Crippen MR) is 84.5 cm³/mol. The fraction of sp³-hybridized carbons (Fsp3) is 0.188. The van der Waals surface area contributed by atoms with E-state index in [1.54, 1.807) is 5.06 Å². The van der Waals surface area contributed by atoms with E-state index in [2.05, 4.69) is 10.3 Å². The molecule has 0 bridgehead atoms. The van der Waals surface area contributed by atoms with E-state index in [4.69, 9.17) is 16.4 Å². The van der Waals surface area contributed by atoms with Crippen LogP contribution >= 0.6 is 11.6 Å². The zero-order valence-electron chi connectivity index (χ0n) is 11.5. The van der Waals surface area contributed by atoms with Gasteiger partial charge in [-0.15, -0.1) is 0 Å². The standard InChI is InChI=1S/C16H16ClN3O/c17-14-8-4-5-9-15(14)19-16-18-10-11-20(16)21-12-13-6-2-1-3-7-13/h1-9H,10-12H2,(H,18,19). The maximum atomic E-state index is 6.13. The van der Waals surface area contributed by atoms with E-state index >= 15 is 0 Å². The van der Waals surface area contributed by atoms with Crippen LogP contribution in [0.1, 0.15) is 5.56 Å². The van der Waals surface area contributed by atoms with Crippen LogP contribution in [0.5, 0.6) is 0 Å². The van der Waals surface area contributed by atoms with Gasteiger partial charge in [-0.2, -0.15) is 0 Å². The van der Waals surface area contributed by atoms with Gasteiger partial charge in [0, 0.05) is 6.54 Å². The Morgan fingerprint density at radius 2 is 1.86 bits per heavy atom. The Morgan fingerprint density at radius 1 is 1.10 bits per heavy atom. The van der Waals surface area contributed by atoms with E-state index in [-0.39, 0.29) is 0 Å². The molecule has 0 aliphatic carbocycles. The molecular weight excluding hydrogens is 286 g/mol. The van der Waals surface area contributed by atoms with E-state index in [0.29, 0.717) is 17.6 Å². The molecule has 4 nitrogen and oxygen atoms in total. The van der Waals surface area contributed by atoms with Crippen LogP contribution in [-0.4, -0.2) is 24.1 Å². The van der Waals surface area contributed by atoms with Gasteiger partial charge in [-0.05, 0) is 17.7 Å². The lowest BCUT2D eigenvalue weighted by Gasteiger charge is -2.17. The van der Waals surface area contributed by atoms with Crippen molar-refractivity contribution in [2.24, 2.45) is 4.99 Å². The van der Waals surface area contributed by atoms with Crippen LogP contribution in [0.3, 0.4) is 0 Å². The fourth-order valence-corrected chi connectivity index (χ4v) is 2.25. The summed E-state index contributed by atoms with van der Waals surface area (Å²) in [5.74, 6) is 0.694. The second-order valence-electron chi connectivity index (χ2n) is 4.67. The number of nitrogens with zero attached hydrogens (tertiary/aromatic N) is 2. The zero-order valence-corrected chi connectivity index (χ0v) is 12.3. The highest BCUT2D eigenvalue weighted by atomic mass is 35.5. The lowest BCUT2D eigenvalue weighted by atomic mass is 10.2. The third kappa shape index (κ3) is 3.54. The van der Waals surface area contributed by atoms with Crippen molar-refractivity contribution in [1.82, 2.24) is 10.4 Å². The lowest BCUT2D eigenvalue weighted by molar-refractivity contribution is -0.102. The minimum absolute atomic E-state index is 0.518. The summed E-state index contributed by atoms with van der Waals surface area (Å²) in [6.45, 7) is 2.08. The summed E-state index contributed by atoms with van der Waals surface area (Å²) < 4.78 is 0. The highest BCUT2D eigenvalue weighted by Gasteiger charge is 2.19. The Hall–Kier alpha value is -2.04. The second kappa shape index (κ2) is 6.61. The normalized spacial score (nSPS) is 16.2. The van der Waals surface area contributed by atoms with Crippen LogP contribution in [0.4, 0.5) is 5.69 Å². The number of hydroxylamine groups is 2. The van der Waals surface area contributed by atoms with Crippen molar-refractivity contribution >= 4 is 23.2 Å². The van der Waals surface area contributed by atoms with Crippen molar-refractivity contribution < 1.29 is 4.84 Å². The van der Waals surface area contributed by atoms with Gasteiger partial charge in [0.15, 0.2) is 0 Å². The van der Waals surface area contributed by atoms with Crippen molar-refractivity contribution in [2.45, 2.75) is 6.61 Å². The van der Waals surface area contributed by atoms with Crippen LogP contribution in [-0.2, 0) is 11.4 Å². The summed E-state index contributed by atoms with van der Waals surface area (Å²) in [5, 5.41) is 5.61. The SMILES string of the molecule is Clc1ccccc1/N=C1\NCCN1OCc1ccccc1. The summed E-state index contributed by atoms with van der Waals surface area (Å²) in [6, 6.07) is 17.6. The molecule has 108 valence electrons. The van der Waals surface area contributed by atoms with E-state index in [1.807, 2.05) is 54.6 Å². The summed E-state index contributed by atoms with van der Waals surface area (Å²) in [4.78, 5) is 10.3. The molecular formula is C16H16ClN3O. The molecule has 5 heteroatoms. The molecule has 21 heavy (non-hydrogen) atoms. The second-order valence-corrected chi connectivity index (χ2v) is 5.08. The Bertz CT molecular complexity index is 630. The first kappa shape index (κ1) is 13.9. The van der Waals surface area contributed by atoms with Gasteiger partial charge in [-0.25, -0.2) is 10.1 Å². The maximum absolute atomic E-state index is 6.13. The lowest BCUT2D eigenvalue weighted by Crippen LogP contribution is -2.30. The molecule has 1 N–H and O–H groups in total. The average Bonchev–Trinajstić information content (AvgIpc) is 2.96. The number of guanidine groups is 1. The summed E-state index contributed by atoms with van der Waals surface area (Å²) >= 11 is 6.13. The topological polar surface area (TPSA) is 36.9 Å². The largest absolute Gasteiger partial charge is 0.352 e. The number of nitrogens with one attached hydrogen (secondary N) is 1. The number of benzene rings is 2. The van der Waals surface area contributed by atoms with Gasteiger partial charge in [0.25, 0.3) is 0 Å². The van der Waals surface area contributed by atoms with Crippen LogP contribution in [0.25, 0.3) is 0 Å². The van der Waals surface area contributed by atoms with E-state index in [1.165, 1.54) is 0 Å². The molecule has 0 spiro atoms. The van der Waals surface area contributed by atoms with Gasteiger partial charge in [0.2, 0.25) is 5.96 Å². The third-order valence-electron chi connectivity index (χ3n) is 3.14. The van der Waals surface area contributed by atoms with E-state index < -0.39 is 0 Å². The Kier molecular flexibility index (Phi) is 4.38. The average molecular weight is 302 g/mol. The molecule has 1 aliphatic rings. The van der Waals surface area contributed by atoms with Crippen LogP contribution in [0.2, 0.25) is 5.02 Å². The minimum atomic E-state index is 0.518. The number of hydrogen-bond donors (Lipinski definition) is 1. The van der Waals surface area contributed by atoms with Crippen LogP contribution in [0.15, 0.2) is 59.6 Å². The van der Waals surface area contributed by atoms with Crippen LogP contribution in [0, 0.1) is 0 Å². The molecule has 1 heterocycles. The summed E-state index contributed by atoms with van der Waals surface area (Å²) in [5.41, 5.74) is 1.86. The van der Waals surface area contributed by atoms with Gasteiger partial charge in [0.05, 0.1) is 17.3 Å². The first-order chi connectivity index (χ1) is 10.3. The zero-order chi connectivity index (χ0) is 14.5. The first-order valence-corrected chi connectivity index (χ1v) is 7.22. The quantitative estimate of drug-likeness (QED) is 0.941. The van der Waals surface area contributed by atoms with Gasteiger partial charge in [-0.1, -0.05) is 54.1 Å². The third-order valence-corrected chi connectivity index (χ3v) is 3.46. The highest BCUT2D eigenvalue weighted by molar-refractivity contribution is 6.33. The molecule has 1 aliphatic heterocycles. The number of halogens is 1. The van der Waals surface area contributed by atoms with Crippen molar-refractivity contribution in [3.05, 3.63) is 65.2 Å². The van der Waals surface area contributed by atoms with Crippen molar-refractivity contribution in [3.63, 3.8) is 0 Å². The van der Waals surface area contributed by atoms with E-state index in [9.17, 15) is 0 Å². The molecule has 0 amide bonds. The van der Waals surface area contributed by atoms with Crippen LogP contribution < -0.4 is 5.32 Å². The smallest absolute Gasteiger partial charge is 0.223 e. The van der Waals surface area contributed by atoms with E-state index in [0.717, 1.165) is 24.3 Å². The monoisotopic (exact) mass is 301 g/mol. The number of rotatable bonds is 4. The van der Waals surface area contributed by atoms with Gasteiger partial charge in [0.1, 0.15) is 6.61 Å². The molecule has 1 fully saturated rings. The number of hydrogen-bond acceptors (Lipinski definition) is 2. The fourth-order valence-electron chi connectivity index (χ4n) is 2.07.